The fourth-order valence-electron chi connectivity index (χ4n) is 2.39. The summed E-state index contributed by atoms with van der Waals surface area (Å²) in [5.41, 5.74) is 1.85. The number of aromatic nitrogens is 1. The molecule has 1 aliphatic heterocycles. The predicted octanol–water partition coefficient (Wildman–Crippen LogP) is 2.64. The summed E-state index contributed by atoms with van der Waals surface area (Å²) in [6, 6.07) is 3.84. The number of nitrogens with zero attached hydrogens (tertiary/aromatic N) is 3. The Hall–Kier alpha value is -2.17. The van der Waals surface area contributed by atoms with Crippen LogP contribution >= 0.6 is 0 Å². The maximum Gasteiger partial charge on any atom is 0.223 e. The first kappa shape index (κ1) is 16.2. The van der Waals surface area contributed by atoms with Crippen LogP contribution in [0.5, 0.6) is 0 Å². The summed E-state index contributed by atoms with van der Waals surface area (Å²) in [6.07, 6.45) is 6.37. The summed E-state index contributed by atoms with van der Waals surface area (Å²) >= 11 is 0. The maximum atomic E-state index is 12.3. The third-order valence-electron chi connectivity index (χ3n) is 3.44. The Morgan fingerprint density at radius 3 is 3.05 bits per heavy atom. The molecule has 0 radical (unpaired) electrons. The molecule has 0 fully saturated rings. The van der Waals surface area contributed by atoms with Crippen molar-refractivity contribution >= 4 is 11.6 Å². The zero-order valence-electron chi connectivity index (χ0n) is 13.2. The van der Waals surface area contributed by atoms with Crippen molar-refractivity contribution in [3.8, 4) is 0 Å². The van der Waals surface area contributed by atoms with E-state index in [4.69, 9.17) is 4.84 Å². The molecule has 0 spiro atoms. The van der Waals surface area contributed by atoms with Gasteiger partial charge in [-0.25, -0.2) is 0 Å². The van der Waals surface area contributed by atoms with Crippen LogP contribution in [0.15, 0.2) is 42.3 Å². The molecule has 118 valence electrons. The molecule has 22 heavy (non-hydrogen) atoms. The Balaban J connectivity index is 1.93. The van der Waals surface area contributed by atoms with Crippen LogP contribution in [0.2, 0.25) is 0 Å². The van der Waals surface area contributed by atoms with E-state index in [0.717, 1.165) is 11.3 Å². The van der Waals surface area contributed by atoms with Gasteiger partial charge in [-0.05, 0) is 18.1 Å². The van der Waals surface area contributed by atoms with Gasteiger partial charge in [0.15, 0.2) is 6.10 Å². The lowest BCUT2D eigenvalue weighted by Gasteiger charge is -2.24. The van der Waals surface area contributed by atoms with Gasteiger partial charge < -0.3 is 9.74 Å². The van der Waals surface area contributed by atoms with E-state index in [1.54, 1.807) is 23.4 Å². The summed E-state index contributed by atoms with van der Waals surface area (Å²) in [4.78, 5) is 23.6. The van der Waals surface area contributed by atoms with Gasteiger partial charge in [0.25, 0.3) is 0 Å². The third-order valence-corrected chi connectivity index (χ3v) is 3.44. The van der Waals surface area contributed by atoms with E-state index in [2.05, 4.69) is 16.7 Å². The third kappa shape index (κ3) is 4.41. The molecule has 1 aromatic rings. The number of pyridine rings is 1. The Kier molecular flexibility index (Phi) is 5.69. The van der Waals surface area contributed by atoms with Crippen LogP contribution in [0, 0.1) is 5.92 Å². The summed E-state index contributed by atoms with van der Waals surface area (Å²) in [5, 5.41) is 4.13. The summed E-state index contributed by atoms with van der Waals surface area (Å²) < 4.78 is 0. The Labute approximate surface area is 131 Å². The molecule has 1 aliphatic rings. The molecule has 1 aromatic heterocycles. The first-order chi connectivity index (χ1) is 10.6. The standard InChI is InChI=1S/C17H23N3O2/c1-4-8-20(17(21)9-13(2)3)12-15-10-16(19-22-15)14-6-5-7-18-11-14/h4-7,11,13,15H,1,8-10,12H2,2-3H3/t15-/m0/s1. The number of hydrogen-bond acceptors (Lipinski definition) is 4. The van der Waals surface area contributed by atoms with Gasteiger partial charge in [0.05, 0.1) is 12.3 Å². The van der Waals surface area contributed by atoms with Gasteiger partial charge in [0, 0.05) is 37.3 Å². The van der Waals surface area contributed by atoms with Gasteiger partial charge in [-0.2, -0.15) is 0 Å². The molecule has 0 saturated heterocycles. The largest absolute Gasteiger partial charge is 0.390 e. The van der Waals surface area contributed by atoms with Crippen molar-refractivity contribution in [3.05, 3.63) is 42.7 Å². The minimum absolute atomic E-state index is 0.105. The molecular weight excluding hydrogens is 278 g/mol. The molecule has 1 amide bonds. The van der Waals surface area contributed by atoms with Crippen molar-refractivity contribution in [2.45, 2.75) is 32.8 Å². The average Bonchev–Trinajstić information content (AvgIpc) is 2.95. The Morgan fingerprint density at radius 1 is 1.59 bits per heavy atom. The van der Waals surface area contributed by atoms with Gasteiger partial charge in [-0.3, -0.25) is 9.78 Å². The lowest BCUT2D eigenvalue weighted by Crippen LogP contribution is -2.38. The SMILES string of the molecule is C=CCN(C[C@@H]1CC(c2cccnc2)=NO1)C(=O)CC(C)C. The van der Waals surface area contributed by atoms with Crippen LogP contribution < -0.4 is 0 Å². The minimum atomic E-state index is -0.105. The number of amides is 1. The summed E-state index contributed by atoms with van der Waals surface area (Å²) in [6.45, 7) is 8.88. The maximum absolute atomic E-state index is 12.3. The van der Waals surface area contributed by atoms with Crippen LogP contribution in [-0.4, -0.2) is 40.7 Å². The molecular formula is C17H23N3O2. The van der Waals surface area contributed by atoms with Crippen LogP contribution in [0.3, 0.4) is 0 Å². The van der Waals surface area contributed by atoms with Crippen molar-refractivity contribution in [2.24, 2.45) is 11.1 Å². The monoisotopic (exact) mass is 301 g/mol. The van der Waals surface area contributed by atoms with E-state index in [9.17, 15) is 4.79 Å². The summed E-state index contributed by atoms with van der Waals surface area (Å²) in [5.74, 6) is 0.472. The number of carbonyl (C=O) groups excluding carboxylic acids is 1. The van der Waals surface area contributed by atoms with E-state index < -0.39 is 0 Å². The Bertz CT molecular complexity index is 540. The average molecular weight is 301 g/mol. The molecule has 0 bridgehead atoms. The van der Waals surface area contributed by atoms with Crippen molar-refractivity contribution in [1.29, 1.82) is 0 Å². The molecule has 0 unspecified atom stereocenters. The molecule has 2 rings (SSSR count). The van der Waals surface area contributed by atoms with Gasteiger partial charge in [0.1, 0.15) is 0 Å². The lowest BCUT2D eigenvalue weighted by molar-refractivity contribution is -0.133. The molecule has 0 saturated carbocycles. The second kappa shape index (κ2) is 7.73. The molecule has 0 aromatic carbocycles. The van der Waals surface area contributed by atoms with Crippen LogP contribution in [0.25, 0.3) is 0 Å². The fourth-order valence-corrected chi connectivity index (χ4v) is 2.39. The second-order valence-electron chi connectivity index (χ2n) is 5.90. The number of carbonyl (C=O) groups is 1. The van der Waals surface area contributed by atoms with E-state index >= 15 is 0 Å². The van der Waals surface area contributed by atoms with E-state index in [-0.39, 0.29) is 12.0 Å². The highest BCUT2D eigenvalue weighted by Crippen LogP contribution is 2.18. The predicted molar refractivity (Wildman–Crippen MR) is 86.5 cm³/mol. The molecule has 0 aliphatic carbocycles. The summed E-state index contributed by atoms with van der Waals surface area (Å²) in [7, 11) is 0. The van der Waals surface area contributed by atoms with E-state index in [1.807, 2.05) is 26.0 Å². The highest BCUT2D eigenvalue weighted by atomic mass is 16.6. The first-order valence-corrected chi connectivity index (χ1v) is 7.62. The molecule has 2 heterocycles. The lowest BCUT2D eigenvalue weighted by atomic mass is 10.1. The van der Waals surface area contributed by atoms with E-state index in [1.165, 1.54) is 0 Å². The molecule has 1 atom stereocenters. The van der Waals surface area contributed by atoms with E-state index in [0.29, 0.717) is 31.8 Å². The van der Waals surface area contributed by atoms with Gasteiger partial charge in [-0.15, -0.1) is 6.58 Å². The smallest absolute Gasteiger partial charge is 0.223 e. The molecule has 0 N–H and O–H groups in total. The second-order valence-corrected chi connectivity index (χ2v) is 5.90. The minimum Gasteiger partial charge on any atom is -0.390 e. The zero-order chi connectivity index (χ0) is 15.9. The topological polar surface area (TPSA) is 54.8 Å². The van der Waals surface area contributed by atoms with Crippen molar-refractivity contribution in [3.63, 3.8) is 0 Å². The van der Waals surface area contributed by atoms with Crippen LogP contribution in [0.4, 0.5) is 0 Å². The highest BCUT2D eigenvalue weighted by molar-refractivity contribution is 6.01. The van der Waals surface area contributed by atoms with Gasteiger partial charge >= 0.3 is 0 Å². The van der Waals surface area contributed by atoms with Gasteiger partial charge in [-0.1, -0.05) is 25.1 Å². The number of hydrogen-bond donors (Lipinski definition) is 0. The van der Waals surface area contributed by atoms with Crippen LogP contribution in [-0.2, 0) is 9.63 Å². The molecule has 5 heteroatoms. The van der Waals surface area contributed by atoms with Crippen molar-refractivity contribution in [1.82, 2.24) is 9.88 Å². The number of rotatable bonds is 7. The van der Waals surface area contributed by atoms with Crippen molar-refractivity contribution < 1.29 is 9.63 Å². The van der Waals surface area contributed by atoms with Crippen LogP contribution in [0.1, 0.15) is 32.3 Å². The fraction of sp³-hybridized carbons (Fsp3) is 0.471. The normalized spacial score (nSPS) is 17.0. The molecule has 5 nitrogen and oxygen atoms in total. The first-order valence-electron chi connectivity index (χ1n) is 7.62. The van der Waals surface area contributed by atoms with Crippen molar-refractivity contribution in [2.75, 3.05) is 13.1 Å². The highest BCUT2D eigenvalue weighted by Gasteiger charge is 2.26. The number of oxime groups is 1. The van der Waals surface area contributed by atoms with Gasteiger partial charge in [0.2, 0.25) is 5.91 Å². The Morgan fingerprint density at radius 2 is 2.41 bits per heavy atom. The quantitative estimate of drug-likeness (QED) is 0.728. The zero-order valence-corrected chi connectivity index (χ0v) is 13.2.